The SMILES string of the molecule is COc1cccc(CN(CCN(C)C)C(=O)c2nc3ccc(-c4ccncc4)cc3s2)c1. The van der Waals surface area contributed by atoms with E-state index in [1.165, 1.54) is 11.3 Å². The fourth-order valence-corrected chi connectivity index (χ4v) is 4.41. The molecule has 0 saturated heterocycles. The number of thiazole rings is 1. The number of ether oxygens (including phenoxy) is 1. The lowest BCUT2D eigenvalue weighted by Gasteiger charge is -2.24. The largest absolute Gasteiger partial charge is 0.497 e. The molecule has 1 amide bonds. The topological polar surface area (TPSA) is 58.6 Å². The predicted molar refractivity (Wildman–Crippen MR) is 129 cm³/mol. The van der Waals surface area contributed by atoms with Crippen LogP contribution in [0, 0.1) is 0 Å². The van der Waals surface area contributed by atoms with Crippen molar-refractivity contribution in [1.29, 1.82) is 0 Å². The summed E-state index contributed by atoms with van der Waals surface area (Å²) >= 11 is 1.44. The molecule has 0 N–H and O–H groups in total. The van der Waals surface area contributed by atoms with Crippen molar-refractivity contribution in [3.05, 3.63) is 77.6 Å². The Balaban J connectivity index is 1.61. The number of carbonyl (C=O) groups is 1. The molecule has 2 aromatic heterocycles. The lowest BCUT2D eigenvalue weighted by Crippen LogP contribution is -2.36. The minimum absolute atomic E-state index is 0.0543. The number of rotatable bonds is 8. The van der Waals surface area contributed by atoms with Gasteiger partial charge in [-0.05, 0) is 67.2 Å². The molecule has 0 bridgehead atoms. The van der Waals surface area contributed by atoms with Gasteiger partial charge in [0, 0.05) is 32.0 Å². The van der Waals surface area contributed by atoms with Gasteiger partial charge in [0.1, 0.15) is 5.75 Å². The first-order valence-electron chi connectivity index (χ1n) is 10.4. The summed E-state index contributed by atoms with van der Waals surface area (Å²) in [6.07, 6.45) is 3.56. The zero-order valence-corrected chi connectivity index (χ0v) is 19.3. The van der Waals surface area contributed by atoms with Crippen molar-refractivity contribution in [3.8, 4) is 16.9 Å². The van der Waals surface area contributed by atoms with Gasteiger partial charge in [-0.3, -0.25) is 9.78 Å². The van der Waals surface area contributed by atoms with Crippen LogP contribution in [0.4, 0.5) is 0 Å². The highest BCUT2D eigenvalue weighted by Crippen LogP contribution is 2.29. The fourth-order valence-electron chi connectivity index (χ4n) is 3.44. The second kappa shape index (κ2) is 9.89. The minimum Gasteiger partial charge on any atom is -0.497 e. The molecule has 0 aliphatic carbocycles. The number of aromatic nitrogens is 2. The van der Waals surface area contributed by atoms with Crippen molar-refractivity contribution in [2.75, 3.05) is 34.3 Å². The van der Waals surface area contributed by atoms with Crippen LogP contribution in [0.15, 0.2) is 67.0 Å². The third kappa shape index (κ3) is 5.12. The van der Waals surface area contributed by atoms with Gasteiger partial charge in [-0.1, -0.05) is 18.2 Å². The number of benzene rings is 2. The maximum atomic E-state index is 13.5. The molecule has 0 fully saturated rings. The van der Waals surface area contributed by atoms with Crippen LogP contribution in [0.2, 0.25) is 0 Å². The standard InChI is InChI=1S/C25H26N4O2S/c1-28(2)13-14-29(17-18-5-4-6-21(15-18)31-3)25(30)24-27-22-8-7-20(16-23(22)32-24)19-9-11-26-12-10-19/h4-12,15-16H,13-14,17H2,1-3H3. The number of fused-ring (bicyclic) bond motifs is 1. The third-order valence-electron chi connectivity index (χ3n) is 5.20. The Kier molecular flexibility index (Phi) is 6.78. The molecule has 6 nitrogen and oxygen atoms in total. The van der Waals surface area contributed by atoms with Gasteiger partial charge in [0.2, 0.25) is 0 Å². The number of amides is 1. The molecule has 4 rings (SSSR count). The van der Waals surface area contributed by atoms with E-state index < -0.39 is 0 Å². The van der Waals surface area contributed by atoms with E-state index >= 15 is 0 Å². The van der Waals surface area contributed by atoms with Crippen molar-refractivity contribution < 1.29 is 9.53 Å². The van der Waals surface area contributed by atoms with E-state index in [0.717, 1.165) is 39.2 Å². The molecule has 0 radical (unpaired) electrons. The fraction of sp³-hybridized carbons (Fsp3) is 0.240. The second-order valence-electron chi connectivity index (χ2n) is 7.82. The second-order valence-corrected chi connectivity index (χ2v) is 8.85. The number of likely N-dealkylation sites (N-methyl/N-ethyl adjacent to an activating group) is 1. The molecule has 0 spiro atoms. The molecular formula is C25H26N4O2S. The molecule has 2 aromatic carbocycles. The van der Waals surface area contributed by atoms with Crippen LogP contribution in [0.25, 0.3) is 21.3 Å². The highest BCUT2D eigenvalue weighted by Gasteiger charge is 2.21. The molecule has 0 aliphatic heterocycles. The molecule has 0 unspecified atom stereocenters. The Morgan fingerprint density at radius 1 is 1.00 bits per heavy atom. The van der Waals surface area contributed by atoms with Crippen LogP contribution in [0.1, 0.15) is 15.4 Å². The lowest BCUT2D eigenvalue weighted by atomic mass is 10.1. The molecule has 4 aromatic rings. The summed E-state index contributed by atoms with van der Waals surface area (Å²) in [5, 5.41) is 0.508. The number of hydrogen-bond donors (Lipinski definition) is 0. The molecule has 2 heterocycles. The predicted octanol–water partition coefficient (Wildman–Crippen LogP) is 4.57. The van der Waals surface area contributed by atoms with Crippen LogP contribution in [-0.4, -0.2) is 60.0 Å². The summed E-state index contributed by atoms with van der Waals surface area (Å²) in [6, 6.07) is 17.9. The quantitative estimate of drug-likeness (QED) is 0.397. The molecule has 164 valence electrons. The number of carbonyl (C=O) groups excluding carboxylic acids is 1. The first-order valence-corrected chi connectivity index (χ1v) is 11.2. The van der Waals surface area contributed by atoms with Gasteiger partial charge in [-0.2, -0.15) is 0 Å². The van der Waals surface area contributed by atoms with Gasteiger partial charge in [0.25, 0.3) is 5.91 Å². The monoisotopic (exact) mass is 446 g/mol. The van der Waals surface area contributed by atoms with Crippen LogP contribution < -0.4 is 4.74 Å². The van der Waals surface area contributed by atoms with E-state index in [1.807, 2.05) is 67.5 Å². The molecule has 0 aliphatic rings. The van der Waals surface area contributed by atoms with Gasteiger partial charge in [0.15, 0.2) is 5.01 Å². The number of methoxy groups -OCH3 is 1. The van der Waals surface area contributed by atoms with Crippen LogP contribution >= 0.6 is 11.3 Å². The van der Waals surface area contributed by atoms with Crippen molar-refractivity contribution in [1.82, 2.24) is 19.8 Å². The Morgan fingerprint density at radius 3 is 2.56 bits per heavy atom. The van der Waals surface area contributed by atoms with Crippen molar-refractivity contribution in [2.45, 2.75) is 6.54 Å². The van der Waals surface area contributed by atoms with Crippen molar-refractivity contribution in [2.24, 2.45) is 0 Å². The summed E-state index contributed by atoms with van der Waals surface area (Å²) in [7, 11) is 5.66. The van der Waals surface area contributed by atoms with Gasteiger partial charge in [0.05, 0.1) is 17.3 Å². The van der Waals surface area contributed by atoms with Gasteiger partial charge < -0.3 is 14.5 Å². The number of pyridine rings is 1. The van der Waals surface area contributed by atoms with E-state index in [0.29, 0.717) is 18.1 Å². The smallest absolute Gasteiger partial charge is 0.283 e. The Labute approximate surface area is 192 Å². The number of nitrogens with zero attached hydrogens (tertiary/aromatic N) is 4. The van der Waals surface area contributed by atoms with Crippen LogP contribution in [0.5, 0.6) is 5.75 Å². The van der Waals surface area contributed by atoms with E-state index in [1.54, 1.807) is 19.5 Å². The average Bonchev–Trinajstić information content (AvgIpc) is 3.25. The number of hydrogen-bond acceptors (Lipinski definition) is 6. The van der Waals surface area contributed by atoms with Crippen LogP contribution in [-0.2, 0) is 6.54 Å². The summed E-state index contributed by atoms with van der Waals surface area (Å²) in [5.74, 6) is 0.729. The van der Waals surface area contributed by atoms with Crippen molar-refractivity contribution >= 4 is 27.5 Å². The Hall–Kier alpha value is -3.29. The first-order chi connectivity index (χ1) is 15.5. The Morgan fingerprint density at radius 2 is 1.81 bits per heavy atom. The van der Waals surface area contributed by atoms with Crippen molar-refractivity contribution in [3.63, 3.8) is 0 Å². The summed E-state index contributed by atoms with van der Waals surface area (Å²) in [6.45, 7) is 1.89. The van der Waals surface area contributed by atoms with E-state index in [-0.39, 0.29) is 5.91 Å². The maximum Gasteiger partial charge on any atom is 0.283 e. The van der Waals surface area contributed by atoms with E-state index in [4.69, 9.17) is 4.74 Å². The highest BCUT2D eigenvalue weighted by molar-refractivity contribution is 7.20. The van der Waals surface area contributed by atoms with Gasteiger partial charge in [-0.25, -0.2) is 4.98 Å². The molecule has 7 heteroatoms. The molecule has 32 heavy (non-hydrogen) atoms. The first kappa shape index (κ1) is 21.9. The van der Waals surface area contributed by atoms with Gasteiger partial charge >= 0.3 is 0 Å². The molecule has 0 saturated carbocycles. The summed E-state index contributed by atoms with van der Waals surface area (Å²) < 4.78 is 6.34. The molecule has 0 atom stereocenters. The normalized spacial score (nSPS) is 11.1. The van der Waals surface area contributed by atoms with E-state index in [9.17, 15) is 4.79 Å². The van der Waals surface area contributed by atoms with E-state index in [2.05, 4.69) is 20.9 Å². The van der Waals surface area contributed by atoms with Gasteiger partial charge in [-0.15, -0.1) is 11.3 Å². The maximum absolute atomic E-state index is 13.5. The zero-order valence-electron chi connectivity index (χ0n) is 18.5. The lowest BCUT2D eigenvalue weighted by molar-refractivity contribution is 0.0731. The molecular weight excluding hydrogens is 420 g/mol. The summed E-state index contributed by atoms with van der Waals surface area (Å²) in [4.78, 5) is 26.1. The average molecular weight is 447 g/mol. The summed E-state index contributed by atoms with van der Waals surface area (Å²) in [5.41, 5.74) is 4.04. The van der Waals surface area contributed by atoms with Crippen LogP contribution in [0.3, 0.4) is 0 Å². The third-order valence-corrected chi connectivity index (χ3v) is 6.20. The minimum atomic E-state index is -0.0543. The zero-order chi connectivity index (χ0) is 22.5. The highest BCUT2D eigenvalue weighted by atomic mass is 32.1. The Bertz CT molecular complexity index is 1210.